The number of anilines is 2. The van der Waals surface area contributed by atoms with E-state index in [0.29, 0.717) is 5.82 Å². The molecule has 0 spiro atoms. The first-order valence-electron chi connectivity index (χ1n) is 5.11. The van der Waals surface area contributed by atoms with Crippen molar-refractivity contribution >= 4 is 11.6 Å². The number of hydrogen-bond donors (Lipinski definition) is 4. The van der Waals surface area contributed by atoms with Crippen LogP contribution in [0.2, 0.25) is 0 Å². The van der Waals surface area contributed by atoms with E-state index in [0.717, 1.165) is 18.7 Å². The van der Waals surface area contributed by atoms with Crippen LogP contribution in [0.15, 0.2) is 18.2 Å². The number of aliphatic hydroxyl groups is 1. The predicted molar refractivity (Wildman–Crippen MR) is 61.5 cm³/mol. The number of nitrogens with two attached hydrogens (primary N) is 1. The van der Waals surface area contributed by atoms with Gasteiger partial charge in [0.15, 0.2) is 0 Å². The molecule has 5 N–H and O–H groups in total. The maximum Gasteiger partial charge on any atom is 0.142 e. The molecule has 1 unspecified atom stereocenters. The molecule has 0 saturated heterocycles. The van der Waals surface area contributed by atoms with Crippen LogP contribution in [0, 0.1) is 0 Å². The molecule has 1 aromatic heterocycles. The van der Waals surface area contributed by atoms with Gasteiger partial charge in [-0.2, -0.15) is 0 Å². The zero-order valence-electron chi connectivity index (χ0n) is 8.90. The molecule has 0 fully saturated rings. The highest BCUT2D eigenvalue weighted by Crippen LogP contribution is 2.11. The van der Waals surface area contributed by atoms with Gasteiger partial charge in [-0.25, -0.2) is 10.8 Å². The summed E-state index contributed by atoms with van der Waals surface area (Å²) in [6, 6.07) is 5.78. The van der Waals surface area contributed by atoms with Crippen LogP contribution in [0.25, 0.3) is 0 Å². The van der Waals surface area contributed by atoms with Crippen LogP contribution in [0.3, 0.4) is 0 Å². The molecule has 0 aromatic carbocycles. The maximum atomic E-state index is 8.85. The van der Waals surface area contributed by atoms with E-state index in [2.05, 4.69) is 22.7 Å². The van der Waals surface area contributed by atoms with Crippen LogP contribution in [-0.2, 0) is 0 Å². The molecule has 0 bridgehead atoms. The fourth-order valence-electron chi connectivity index (χ4n) is 1.34. The Balaban J connectivity index is 2.61. The van der Waals surface area contributed by atoms with Crippen LogP contribution >= 0.6 is 0 Å². The molecule has 0 amide bonds. The summed E-state index contributed by atoms with van der Waals surface area (Å²) in [5, 5.41) is 12.1. The van der Waals surface area contributed by atoms with Crippen molar-refractivity contribution in [3.8, 4) is 0 Å². The lowest BCUT2D eigenvalue weighted by Crippen LogP contribution is -2.21. The third-order valence-corrected chi connectivity index (χ3v) is 2.22. The molecule has 1 rings (SSSR count). The average Bonchev–Trinajstić information content (AvgIpc) is 2.29. The normalized spacial score (nSPS) is 12.2. The Morgan fingerprint density at radius 2 is 2.20 bits per heavy atom. The van der Waals surface area contributed by atoms with E-state index in [1.165, 1.54) is 0 Å². The molecular weight excluding hydrogens is 192 g/mol. The highest BCUT2D eigenvalue weighted by atomic mass is 16.3. The Hall–Kier alpha value is -1.33. The molecule has 1 heterocycles. The van der Waals surface area contributed by atoms with Gasteiger partial charge in [0.1, 0.15) is 11.6 Å². The Morgan fingerprint density at radius 3 is 2.80 bits per heavy atom. The van der Waals surface area contributed by atoms with Gasteiger partial charge in [0, 0.05) is 12.6 Å². The third kappa shape index (κ3) is 3.73. The standard InChI is InChI=1S/C10H18N4O/c1-2-8(6-7-15)12-9-4-3-5-10(13-9)14-11/h3-5,8,15H,2,6-7,11H2,1H3,(H2,12,13,14). The van der Waals surface area contributed by atoms with E-state index in [4.69, 9.17) is 10.9 Å². The van der Waals surface area contributed by atoms with Crippen molar-refractivity contribution in [2.24, 2.45) is 5.84 Å². The molecule has 0 aliphatic rings. The summed E-state index contributed by atoms with van der Waals surface area (Å²) >= 11 is 0. The van der Waals surface area contributed by atoms with Crippen LogP contribution in [0.4, 0.5) is 11.6 Å². The minimum Gasteiger partial charge on any atom is -0.396 e. The highest BCUT2D eigenvalue weighted by molar-refractivity contribution is 5.44. The first-order valence-corrected chi connectivity index (χ1v) is 5.11. The molecule has 15 heavy (non-hydrogen) atoms. The van der Waals surface area contributed by atoms with Gasteiger partial charge in [0.25, 0.3) is 0 Å². The van der Waals surface area contributed by atoms with Gasteiger partial charge in [-0.1, -0.05) is 13.0 Å². The van der Waals surface area contributed by atoms with Crippen LogP contribution in [-0.4, -0.2) is 22.7 Å². The first kappa shape index (κ1) is 11.7. The summed E-state index contributed by atoms with van der Waals surface area (Å²) in [6.45, 7) is 2.25. The van der Waals surface area contributed by atoms with E-state index in [9.17, 15) is 0 Å². The lowest BCUT2D eigenvalue weighted by Gasteiger charge is -2.16. The predicted octanol–water partition coefficient (Wildman–Crippen LogP) is 0.940. The van der Waals surface area contributed by atoms with Gasteiger partial charge in [0.2, 0.25) is 0 Å². The quantitative estimate of drug-likeness (QED) is 0.415. The maximum absolute atomic E-state index is 8.85. The van der Waals surface area contributed by atoms with Crippen LogP contribution < -0.4 is 16.6 Å². The number of pyridine rings is 1. The molecule has 0 aliphatic carbocycles. The summed E-state index contributed by atoms with van der Waals surface area (Å²) in [6.07, 6.45) is 1.67. The van der Waals surface area contributed by atoms with Gasteiger partial charge >= 0.3 is 0 Å². The number of aromatic nitrogens is 1. The van der Waals surface area contributed by atoms with Crippen molar-refractivity contribution in [3.05, 3.63) is 18.2 Å². The largest absolute Gasteiger partial charge is 0.396 e. The Morgan fingerprint density at radius 1 is 1.47 bits per heavy atom. The zero-order valence-corrected chi connectivity index (χ0v) is 8.90. The van der Waals surface area contributed by atoms with E-state index in [1.54, 1.807) is 6.07 Å². The number of nitrogen functional groups attached to an aromatic ring is 1. The fourth-order valence-corrected chi connectivity index (χ4v) is 1.34. The summed E-state index contributed by atoms with van der Waals surface area (Å²) < 4.78 is 0. The van der Waals surface area contributed by atoms with Gasteiger partial charge < -0.3 is 15.8 Å². The Bertz CT molecular complexity index is 293. The minimum atomic E-state index is 0.181. The third-order valence-electron chi connectivity index (χ3n) is 2.22. The summed E-state index contributed by atoms with van der Waals surface area (Å²) in [4.78, 5) is 4.23. The van der Waals surface area contributed by atoms with Crippen LogP contribution in [0.1, 0.15) is 19.8 Å². The van der Waals surface area contributed by atoms with Gasteiger partial charge in [-0.15, -0.1) is 0 Å². The first-order chi connectivity index (χ1) is 7.30. The lowest BCUT2D eigenvalue weighted by atomic mass is 10.1. The van der Waals surface area contributed by atoms with Crippen molar-refractivity contribution in [3.63, 3.8) is 0 Å². The lowest BCUT2D eigenvalue weighted by molar-refractivity contribution is 0.278. The van der Waals surface area contributed by atoms with E-state index >= 15 is 0 Å². The second-order valence-electron chi connectivity index (χ2n) is 3.31. The molecule has 0 saturated carbocycles. The van der Waals surface area contributed by atoms with Crippen molar-refractivity contribution in [2.75, 3.05) is 17.3 Å². The van der Waals surface area contributed by atoms with E-state index in [1.807, 2.05) is 12.1 Å². The summed E-state index contributed by atoms with van der Waals surface area (Å²) in [5.74, 6) is 6.65. The molecule has 5 heteroatoms. The number of nitrogens with zero attached hydrogens (tertiary/aromatic N) is 1. The van der Waals surface area contributed by atoms with Crippen molar-refractivity contribution < 1.29 is 5.11 Å². The smallest absolute Gasteiger partial charge is 0.142 e. The van der Waals surface area contributed by atoms with Crippen molar-refractivity contribution in [2.45, 2.75) is 25.8 Å². The molecule has 1 aromatic rings. The fraction of sp³-hybridized carbons (Fsp3) is 0.500. The summed E-state index contributed by atoms with van der Waals surface area (Å²) in [7, 11) is 0. The van der Waals surface area contributed by atoms with Gasteiger partial charge in [0.05, 0.1) is 0 Å². The number of nitrogens with one attached hydrogen (secondary N) is 2. The second kappa shape index (κ2) is 6.21. The number of rotatable bonds is 6. The zero-order chi connectivity index (χ0) is 11.1. The Labute approximate surface area is 89.7 Å². The molecule has 84 valence electrons. The van der Waals surface area contributed by atoms with E-state index < -0.39 is 0 Å². The molecule has 5 nitrogen and oxygen atoms in total. The number of hydrazine groups is 1. The average molecular weight is 210 g/mol. The number of aliphatic hydroxyl groups excluding tert-OH is 1. The second-order valence-corrected chi connectivity index (χ2v) is 3.31. The molecule has 0 aliphatic heterocycles. The van der Waals surface area contributed by atoms with E-state index in [-0.39, 0.29) is 12.6 Å². The van der Waals surface area contributed by atoms with Gasteiger partial charge in [-0.05, 0) is 25.0 Å². The Kier molecular flexibility index (Phi) is 4.86. The van der Waals surface area contributed by atoms with Crippen molar-refractivity contribution in [1.82, 2.24) is 4.98 Å². The highest BCUT2D eigenvalue weighted by Gasteiger charge is 2.05. The van der Waals surface area contributed by atoms with Crippen molar-refractivity contribution in [1.29, 1.82) is 0 Å². The summed E-state index contributed by atoms with van der Waals surface area (Å²) in [5.41, 5.74) is 2.49. The van der Waals surface area contributed by atoms with Gasteiger partial charge in [-0.3, -0.25) is 0 Å². The molecule has 0 radical (unpaired) electrons. The molecular formula is C10H18N4O. The van der Waals surface area contributed by atoms with Crippen LogP contribution in [0.5, 0.6) is 0 Å². The monoisotopic (exact) mass is 210 g/mol. The minimum absolute atomic E-state index is 0.181. The SMILES string of the molecule is CCC(CCO)Nc1cccc(NN)n1. The topological polar surface area (TPSA) is 83.2 Å². The number of hydrogen-bond acceptors (Lipinski definition) is 5. The molecule has 1 atom stereocenters.